The number of aromatic nitrogens is 3. The molecule has 2 aromatic heterocycles. The molecule has 6 nitrogen and oxygen atoms in total. The second-order valence-corrected chi connectivity index (χ2v) is 6.26. The van der Waals surface area contributed by atoms with E-state index in [9.17, 15) is 5.11 Å². The standard InChI is InChI=1S/C18H17N3O3/c22-15-10-24-16-14(9-23-17(15)16)21-8-7-20-18(21)12-5-6-19-13-4-2-1-3-11(12)13/h1-8,14-17,22H,9-10H2/t14-,15+,16+,17+/m0/s1. The van der Waals surface area contributed by atoms with Gasteiger partial charge in [-0.25, -0.2) is 4.98 Å². The van der Waals surface area contributed by atoms with Crippen LogP contribution >= 0.6 is 0 Å². The van der Waals surface area contributed by atoms with Gasteiger partial charge < -0.3 is 19.1 Å². The molecule has 0 radical (unpaired) electrons. The van der Waals surface area contributed by atoms with Crippen molar-refractivity contribution in [3.8, 4) is 11.4 Å². The van der Waals surface area contributed by atoms with E-state index in [0.29, 0.717) is 13.2 Å². The normalized spacial score (nSPS) is 29.2. The summed E-state index contributed by atoms with van der Waals surface area (Å²) in [6.45, 7) is 0.840. The molecule has 0 unspecified atom stereocenters. The van der Waals surface area contributed by atoms with Crippen molar-refractivity contribution >= 4 is 10.9 Å². The third kappa shape index (κ3) is 2.00. The molecular formula is C18H17N3O3. The second kappa shape index (κ2) is 5.37. The number of aliphatic hydroxyl groups is 1. The Bertz CT molecular complexity index is 889. The van der Waals surface area contributed by atoms with Crippen molar-refractivity contribution in [2.24, 2.45) is 0 Å². The number of hydrogen-bond acceptors (Lipinski definition) is 5. The molecule has 2 aliphatic rings. The highest BCUT2D eigenvalue weighted by Gasteiger charge is 2.48. The van der Waals surface area contributed by atoms with Gasteiger partial charge in [0.05, 0.1) is 24.8 Å². The summed E-state index contributed by atoms with van der Waals surface area (Å²) < 4.78 is 13.6. The van der Waals surface area contributed by atoms with Crippen LogP contribution in [0.15, 0.2) is 48.9 Å². The molecule has 122 valence electrons. The lowest BCUT2D eigenvalue weighted by Crippen LogP contribution is -2.30. The van der Waals surface area contributed by atoms with Crippen LogP contribution in [0.4, 0.5) is 0 Å². The summed E-state index contributed by atoms with van der Waals surface area (Å²) in [5.41, 5.74) is 1.98. The molecule has 5 rings (SSSR count). The maximum Gasteiger partial charge on any atom is 0.141 e. The number of aliphatic hydroxyl groups excluding tert-OH is 1. The lowest BCUT2D eigenvalue weighted by Gasteiger charge is -2.20. The van der Waals surface area contributed by atoms with E-state index in [4.69, 9.17) is 9.47 Å². The largest absolute Gasteiger partial charge is 0.388 e. The fraction of sp³-hybridized carbons (Fsp3) is 0.333. The molecule has 6 heteroatoms. The Morgan fingerprint density at radius 2 is 1.88 bits per heavy atom. The Labute approximate surface area is 138 Å². The van der Waals surface area contributed by atoms with Crippen molar-refractivity contribution in [2.45, 2.75) is 24.4 Å². The summed E-state index contributed by atoms with van der Waals surface area (Å²) in [6, 6.07) is 10.0. The number of benzene rings is 1. The Hall–Kier alpha value is -2.28. The fourth-order valence-electron chi connectivity index (χ4n) is 3.78. The fourth-order valence-corrected chi connectivity index (χ4v) is 3.78. The van der Waals surface area contributed by atoms with Crippen LogP contribution in [0.1, 0.15) is 6.04 Å². The molecule has 3 aromatic rings. The summed E-state index contributed by atoms with van der Waals surface area (Å²) in [5.74, 6) is 0.868. The zero-order chi connectivity index (χ0) is 16.1. The molecule has 0 saturated carbocycles. The van der Waals surface area contributed by atoms with Crippen LogP contribution in [0.25, 0.3) is 22.3 Å². The molecule has 2 aliphatic heterocycles. The van der Waals surface area contributed by atoms with Gasteiger partial charge in [0.2, 0.25) is 0 Å². The zero-order valence-corrected chi connectivity index (χ0v) is 12.9. The van der Waals surface area contributed by atoms with Crippen molar-refractivity contribution in [3.05, 3.63) is 48.9 Å². The maximum absolute atomic E-state index is 9.96. The van der Waals surface area contributed by atoms with E-state index in [0.717, 1.165) is 22.3 Å². The molecule has 0 bridgehead atoms. The van der Waals surface area contributed by atoms with Crippen LogP contribution in [0.3, 0.4) is 0 Å². The van der Waals surface area contributed by atoms with Gasteiger partial charge in [-0.15, -0.1) is 0 Å². The van der Waals surface area contributed by atoms with Gasteiger partial charge in [0.15, 0.2) is 0 Å². The minimum absolute atomic E-state index is 0.0107. The van der Waals surface area contributed by atoms with Gasteiger partial charge in [-0.1, -0.05) is 18.2 Å². The molecule has 4 heterocycles. The van der Waals surface area contributed by atoms with Crippen LogP contribution in [-0.4, -0.2) is 51.2 Å². The SMILES string of the molecule is O[C@@H]1CO[C@H]2[C@@H]1OC[C@@H]2n1ccnc1-c1ccnc2ccccc12. The molecule has 0 spiro atoms. The van der Waals surface area contributed by atoms with Gasteiger partial charge in [-0.2, -0.15) is 0 Å². The molecule has 0 amide bonds. The summed E-state index contributed by atoms with van der Waals surface area (Å²) in [6.07, 6.45) is 4.62. The van der Waals surface area contributed by atoms with Crippen LogP contribution in [0.2, 0.25) is 0 Å². The monoisotopic (exact) mass is 323 g/mol. The second-order valence-electron chi connectivity index (χ2n) is 6.26. The number of para-hydroxylation sites is 1. The predicted octanol–water partition coefficient (Wildman–Crippen LogP) is 1.80. The van der Waals surface area contributed by atoms with E-state index in [-0.39, 0.29) is 18.2 Å². The summed E-state index contributed by atoms with van der Waals surface area (Å²) in [5, 5.41) is 11.0. The minimum atomic E-state index is -0.547. The lowest BCUT2D eigenvalue weighted by atomic mass is 10.1. The Morgan fingerprint density at radius 3 is 2.83 bits per heavy atom. The van der Waals surface area contributed by atoms with Crippen LogP contribution in [0, 0.1) is 0 Å². The number of pyridine rings is 1. The Morgan fingerprint density at radius 1 is 1.00 bits per heavy atom. The quantitative estimate of drug-likeness (QED) is 0.779. The van der Waals surface area contributed by atoms with Crippen molar-refractivity contribution in [2.75, 3.05) is 13.2 Å². The molecular weight excluding hydrogens is 306 g/mol. The maximum atomic E-state index is 9.96. The first-order valence-electron chi connectivity index (χ1n) is 8.11. The Balaban J connectivity index is 1.61. The van der Waals surface area contributed by atoms with Crippen LogP contribution < -0.4 is 0 Å². The van der Waals surface area contributed by atoms with Gasteiger partial charge >= 0.3 is 0 Å². The average molecular weight is 323 g/mol. The van der Waals surface area contributed by atoms with E-state index in [1.807, 2.05) is 30.5 Å². The molecule has 4 atom stereocenters. The highest BCUT2D eigenvalue weighted by molar-refractivity contribution is 5.92. The summed E-state index contributed by atoms with van der Waals surface area (Å²) in [7, 11) is 0. The van der Waals surface area contributed by atoms with Gasteiger partial charge in [0.1, 0.15) is 24.1 Å². The van der Waals surface area contributed by atoms with Gasteiger partial charge in [0.25, 0.3) is 0 Å². The summed E-state index contributed by atoms with van der Waals surface area (Å²) >= 11 is 0. The number of imidazole rings is 1. The van der Waals surface area contributed by atoms with E-state index in [1.54, 1.807) is 12.4 Å². The van der Waals surface area contributed by atoms with Crippen LogP contribution in [-0.2, 0) is 9.47 Å². The van der Waals surface area contributed by atoms with E-state index < -0.39 is 6.10 Å². The van der Waals surface area contributed by atoms with E-state index in [1.165, 1.54) is 0 Å². The van der Waals surface area contributed by atoms with E-state index in [2.05, 4.69) is 20.6 Å². The minimum Gasteiger partial charge on any atom is -0.388 e. The molecule has 2 fully saturated rings. The van der Waals surface area contributed by atoms with Crippen LogP contribution in [0.5, 0.6) is 0 Å². The first-order valence-corrected chi connectivity index (χ1v) is 8.11. The predicted molar refractivity (Wildman–Crippen MR) is 87.5 cm³/mol. The van der Waals surface area contributed by atoms with Gasteiger partial charge in [-0.3, -0.25) is 4.98 Å². The van der Waals surface area contributed by atoms with Crippen molar-refractivity contribution in [1.29, 1.82) is 0 Å². The van der Waals surface area contributed by atoms with Gasteiger partial charge in [0, 0.05) is 29.5 Å². The third-order valence-electron chi connectivity index (χ3n) is 4.92. The third-order valence-corrected chi connectivity index (χ3v) is 4.92. The van der Waals surface area contributed by atoms with E-state index >= 15 is 0 Å². The average Bonchev–Trinajstić information content (AvgIpc) is 3.32. The number of rotatable bonds is 2. The first-order chi connectivity index (χ1) is 11.8. The van der Waals surface area contributed by atoms with Crippen molar-refractivity contribution in [1.82, 2.24) is 14.5 Å². The molecule has 0 aliphatic carbocycles. The summed E-state index contributed by atoms with van der Waals surface area (Å²) in [4.78, 5) is 9.00. The first kappa shape index (κ1) is 14.1. The molecule has 2 saturated heterocycles. The highest BCUT2D eigenvalue weighted by atomic mass is 16.6. The van der Waals surface area contributed by atoms with Crippen molar-refractivity contribution in [3.63, 3.8) is 0 Å². The number of nitrogens with zero attached hydrogens (tertiary/aromatic N) is 3. The molecule has 24 heavy (non-hydrogen) atoms. The highest BCUT2D eigenvalue weighted by Crippen LogP contribution is 2.37. The van der Waals surface area contributed by atoms with Gasteiger partial charge in [-0.05, 0) is 12.1 Å². The topological polar surface area (TPSA) is 69.4 Å². The molecule has 1 aromatic carbocycles. The molecule has 1 N–H and O–H groups in total. The lowest BCUT2D eigenvalue weighted by molar-refractivity contribution is 0.0172. The number of hydrogen-bond donors (Lipinski definition) is 1. The Kier molecular flexibility index (Phi) is 3.16. The van der Waals surface area contributed by atoms with Crippen molar-refractivity contribution < 1.29 is 14.6 Å². The number of fused-ring (bicyclic) bond motifs is 2. The zero-order valence-electron chi connectivity index (χ0n) is 12.9. The number of ether oxygens (including phenoxy) is 2. The smallest absolute Gasteiger partial charge is 0.141 e.